The molecule has 148 valence electrons. The van der Waals surface area contributed by atoms with Crippen molar-refractivity contribution in [2.75, 3.05) is 13.2 Å². The molecule has 0 amide bonds. The maximum absolute atomic E-state index is 13.5. The fraction of sp³-hybridized carbons (Fsp3) is 0.174. The van der Waals surface area contributed by atoms with E-state index in [1.54, 1.807) is 12.4 Å². The average molecular weight is 393 g/mol. The Morgan fingerprint density at radius 1 is 1.00 bits per heavy atom. The van der Waals surface area contributed by atoms with Crippen molar-refractivity contribution in [2.45, 2.75) is 13.5 Å². The van der Waals surface area contributed by atoms with E-state index in [1.165, 1.54) is 12.1 Å². The van der Waals surface area contributed by atoms with Crippen LogP contribution in [0.4, 0.5) is 8.78 Å². The van der Waals surface area contributed by atoms with Crippen LogP contribution in [0.25, 0.3) is 22.0 Å². The van der Waals surface area contributed by atoms with Gasteiger partial charge in [-0.1, -0.05) is 6.07 Å². The van der Waals surface area contributed by atoms with Crippen LogP contribution < -0.4 is 10.1 Å². The zero-order chi connectivity index (χ0) is 20.2. The summed E-state index contributed by atoms with van der Waals surface area (Å²) in [6.45, 7) is 3.77. The van der Waals surface area contributed by atoms with Crippen molar-refractivity contribution in [1.29, 1.82) is 0 Å². The summed E-state index contributed by atoms with van der Waals surface area (Å²) in [7, 11) is 0. The topological polar surface area (TPSA) is 49.9 Å². The number of hydrogen-bond acceptors (Lipinski definition) is 3. The Morgan fingerprint density at radius 2 is 1.83 bits per heavy atom. The van der Waals surface area contributed by atoms with Crippen molar-refractivity contribution in [3.63, 3.8) is 0 Å². The van der Waals surface area contributed by atoms with Gasteiger partial charge in [0.15, 0.2) is 0 Å². The van der Waals surface area contributed by atoms with Gasteiger partial charge >= 0.3 is 0 Å². The van der Waals surface area contributed by atoms with Gasteiger partial charge in [-0.25, -0.2) is 8.78 Å². The first-order chi connectivity index (χ1) is 14.1. The smallest absolute Gasteiger partial charge is 0.128 e. The second-order valence-electron chi connectivity index (χ2n) is 6.93. The lowest BCUT2D eigenvalue weighted by Crippen LogP contribution is -2.20. The Hall–Kier alpha value is -3.25. The van der Waals surface area contributed by atoms with Crippen molar-refractivity contribution in [3.8, 4) is 16.9 Å². The number of fused-ring (bicyclic) bond motifs is 1. The third-order valence-corrected chi connectivity index (χ3v) is 4.62. The number of hydrogen-bond donors (Lipinski definition) is 2. The minimum atomic E-state index is -0.603. The molecule has 2 heterocycles. The van der Waals surface area contributed by atoms with Crippen LogP contribution in [0.5, 0.6) is 5.75 Å². The highest BCUT2D eigenvalue weighted by molar-refractivity contribution is 5.86. The molecule has 4 aromatic rings. The van der Waals surface area contributed by atoms with E-state index >= 15 is 0 Å². The van der Waals surface area contributed by atoms with Gasteiger partial charge in [-0.2, -0.15) is 0 Å². The summed E-state index contributed by atoms with van der Waals surface area (Å²) in [4.78, 5) is 7.48. The summed E-state index contributed by atoms with van der Waals surface area (Å²) >= 11 is 0. The number of nitrogens with zero attached hydrogens (tertiary/aromatic N) is 1. The first-order valence-electron chi connectivity index (χ1n) is 9.41. The summed E-state index contributed by atoms with van der Waals surface area (Å²) < 4.78 is 32.8. The quantitative estimate of drug-likeness (QED) is 0.435. The first-order valence-corrected chi connectivity index (χ1v) is 9.41. The fourth-order valence-corrected chi connectivity index (χ4v) is 3.32. The number of benzene rings is 2. The minimum Gasteiger partial charge on any atom is -0.492 e. The molecule has 4 nitrogen and oxygen atoms in total. The Balaban J connectivity index is 1.33. The van der Waals surface area contributed by atoms with Gasteiger partial charge in [0.1, 0.15) is 24.0 Å². The summed E-state index contributed by atoms with van der Waals surface area (Å²) in [6, 6.07) is 13.4. The lowest BCUT2D eigenvalue weighted by atomic mass is 10.1. The molecular formula is C23H21F2N3O. The monoisotopic (exact) mass is 393 g/mol. The SMILES string of the molecule is Cc1cc2c(OCCNCc3cncc(-c4cc(F)cc(F)c4)c3)cccc2[nH]1. The average Bonchev–Trinajstić information content (AvgIpc) is 3.08. The van der Waals surface area contributed by atoms with Gasteiger partial charge in [0.05, 0.1) is 0 Å². The first kappa shape index (κ1) is 19.1. The molecule has 0 aliphatic rings. The van der Waals surface area contributed by atoms with E-state index in [0.717, 1.165) is 34.0 Å². The van der Waals surface area contributed by atoms with Gasteiger partial charge in [-0.15, -0.1) is 0 Å². The third-order valence-electron chi connectivity index (χ3n) is 4.62. The predicted molar refractivity (Wildman–Crippen MR) is 110 cm³/mol. The number of H-pyrrole nitrogens is 1. The lowest BCUT2D eigenvalue weighted by Gasteiger charge is -2.09. The van der Waals surface area contributed by atoms with E-state index in [-0.39, 0.29) is 0 Å². The van der Waals surface area contributed by atoms with Gasteiger partial charge in [0, 0.05) is 53.7 Å². The Morgan fingerprint density at radius 3 is 2.66 bits per heavy atom. The summed E-state index contributed by atoms with van der Waals surface area (Å²) in [5, 5.41) is 4.38. The fourth-order valence-electron chi connectivity index (χ4n) is 3.32. The number of nitrogens with one attached hydrogen (secondary N) is 2. The van der Waals surface area contributed by atoms with Crippen LogP contribution in [0.2, 0.25) is 0 Å². The standard InChI is InChI=1S/C23H21F2N3O/c1-15-7-21-22(28-15)3-2-4-23(21)29-6-5-26-12-16-8-18(14-27-13-16)17-9-19(24)11-20(25)10-17/h2-4,7-11,13-14,26,28H,5-6,12H2,1H3. The number of pyridine rings is 1. The highest BCUT2D eigenvalue weighted by atomic mass is 19.1. The number of rotatable bonds is 7. The van der Waals surface area contributed by atoms with E-state index in [0.29, 0.717) is 30.8 Å². The number of ether oxygens (including phenoxy) is 1. The third kappa shape index (κ3) is 4.60. The Labute approximate surface area is 167 Å². The summed E-state index contributed by atoms with van der Waals surface area (Å²) in [5.74, 6) is -0.355. The van der Waals surface area contributed by atoms with Crippen molar-refractivity contribution in [1.82, 2.24) is 15.3 Å². The molecule has 2 aromatic carbocycles. The molecule has 2 aromatic heterocycles. The molecule has 0 aliphatic heterocycles. The summed E-state index contributed by atoms with van der Waals surface area (Å²) in [5.41, 5.74) is 4.23. The molecule has 0 bridgehead atoms. The number of halogens is 2. The molecule has 0 fully saturated rings. The van der Waals surface area contributed by atoms with E-state index < -0.39 is 11.6 Å². The van der Waals surface area contributed by atoms with Crippen LogP contribution in [-0.4, -0.2) is 23.1 Å². The van der Waals surface area contributed by atoms with Crippen LogP contribution in [0.15, 0.2) is 60.9 Å². The molecule has 0 unspecified atom stereocenters. The van der Waals surface area contributed by atoms with E-state index in [1.807, 2.05) is 31.2 Å². The van der Waals surface area contributed by atoms with Gasteiger partial charge in [0.25, 0.3) is 0 Å². The highest BCUT2D eigenvalue weighted by Crippen LogP contribution is 2.26. The van der Waals surface area contributed by atoms with Crippen molar-refractivity contribution < 1.29 is 13.5 Å². The maximum atomic E-state index is 13.5. The maximum Gasteiger partial charge on any atom is 0.128 e. The zero-order valence-corrected chi connectivity index (χ0v) is 16.0. The predicted octanol–water partition coefficient (Wildman–Crippen LogP) is 4.99. The van der Waals surface area contributed by atoms with Crippen LogP contribution >= 0.6 is 0 Å². The molecule has 2 N–H and O–H groups in total. The molecule has 0 spiro atoms. The van der Waals surface area contributed by atoms with Crippen molar-refractivity contribution in [2.24, 2.45) is 0 Å². The molecule has 0 saturated carbocycles. The Bertz CT molecular complexity index is 1120. The van der Waals surface area contributed by atoms with Crippen molar-refractivity contribution >= 4 is 10.9 Å². The van der Waals surface area contributed by atoms with E-state index in [2.05, 4.69) is 21.4 Å². The highest BCUT2D eigenvalue weighted by Gasteiger charge is 2.06. The normalized spacial score (nSPS) is 11.1. The minimum absolute atomic E-state index is 0.468. The van der Waals surface area contributed by atoms with Crippen molar-refractivity contribution in [3.05, 3.63) is 83.8 Å². The molecule has 4 rings (SSSR count). The van der Waals surface area contributed by atoms with E-state index in [9.17, 15) is 8.78 Å². The van der Waals surface area contributed by atoms with Gasteiger partial charge in [-0.3, -0.25) is 4.98 Å². The van der Waals surface area contributed by atoms with Gasteiger partial charge in [-0.05, 0) is 54.4 Å². The van der Waals surface area contributed by atoms with Crippen LogP contribution in [0, 0.1) is 18.6 Å². The Kier molecular flexibility index (Phi) is 5.53. The largest absolute Gasteiger partial charge is 0.492 e. The van der Waals surface area contributed by atoms with Crippen LogP contribution in [0.1, 0.15) is 11.3 Å². The van der Waals surface area contributed by atoms with Gasteiger partial charge < -0.3 is 15.0 Å². The molecule has 6 heteroatoms. The lowest BCUT2D eigenvalue weighted by molar-refractivity contribution is 0.317. The molecule has 0 radical (unpaired) electrons. The molecule has 0 saturated heterocycles. The number of aromatic nitrogens is 2. The molecule has 0 atom stereocenters. The molecule has 0 aliphatic carbocycles. The van der Waals surface area contributed by atoms with E-state index in [4.69, 9.17) is 4.74 Å². The molecular weight excluding hydrogens is 372 g/mol. The summed E-state index contributed by atoms with van der Waals surface area (Å²) in [6.07, 6.45) is 3.33. The van der Waals surface area contributed by atoms with Gasteiger partial charge in [0.2, 0.25) is 0 Å². The second kappa shape index (κ2) is 8.41. The number of aryl methyl sites for hydroxylation is 1. The zero-order valence-electron chi connectivity index (χ0n) is 16.0. The molecule has 29 heavy (non-hydrogen) atoms. The van der Waals surface area contributed by atoms with Crippen LogP contribution in [0.3, 0.4) is 0 Å². The second-order valence-corrected chi connectivity index (χ2v) is 6.93. The number of aromatic amines is 1. The van der Waals surface area contributed by atoms with Crippen LogP contribution in [-0.2, 0) is 6.54 Å².